The number of anilines is 1. The summed E-state index contributed by atoms with van der Waals surface area (Å²) in [5.41, 5.74) is 4.43. The minimum absolute atomic E-state index is 0.141. The van der Waals surface area contributed by atoms with E-state index in [1.807, 2.05) is 62.4 Å². The molecule has 0 saturated heterocycles. The molecule has 8 heteroatoms. The van der Waals surface area contributed by atoms with Gasteiger partial charge in [-0.2, -0.15) is 0 Å². The maximum absolute atomic E-state index is 13.7. The summed E-state index contributed by atoms with van der Waals surface area (Å²) < 4.78 is 15.2. The lowest BCUT2D eigenvalue weighted by Gasteiger charge is -2.21. The van der Waals surface area contributed by atoms with Crippen LogP contribution in [0.5, 0.6) is 17.4 Å². The highest BCUT2D eigenvalue weighted by Crippen LogP contribution is 2.42. The zero-order valence-electron chi connectivity index (χ0n) is 21.0. The summed E-state index contributed by atoms with van der Waals surface area (Å²) in [6, 6.07) is 18.7. The van der Waals surface area contributed by atoms with Crippen LogP contribution in [-0.2, 0) is 24.2 Å². The summed E-state index contributed by atoms with van der Waals surface area (Å²) in [6.45, 7) is 6.21. The lowest BCUT2D eigenvalue weighted by molar-refractivity contribution is -0.117. The van der Waals surface area contributed by atoms with Crippen molar-refractivity contribution in [2.45, 2.75) is 40.2 Å². The van der Waals surface area contributed by atoms with Crippen molar-refractivity contribution in [3.63, 3.8) is 0 Å². The summed E-state index contributed by atoms with van der Waals surface area (Å²) in [6.07, 6.45) is 1.26. The van der Waals surface area contributed by atoms with Gasteiger partial charge in [0, 0.05) is 22.7 Å². The number of ether oxygens (including phenoxy) is 2. The van der Waals surface area contributed by atoms with Gasteiger partial charge in [0.25, 0.3) is 5.56 Å². The van der Waals surface area contributed by atoms with Crippen LogP contribution in [0.4, 0.5) is 5.69 Å². The Morgan fingerprint density at radius 2 is 1.89 bits per heavy atom. The molecule has 7 nitrogen and oxygen atoms in total. The van der Waals surface area contributed by atoms with E-state index in [0.717, 1.165) is 23.1 Å². The van der Waals surface area contributed by atoms with Gasteiger partial charge >= 0.3 is 0 Å². The first-order chi connectivity index (χ1) is 17.9. The van der Waals surface area contributed by atoms with Gasteiger partial charge in [-0.3, -0.25) is 9.59 Å². The second-order valence-corrected chi connectivity index (χ2v) is 9.38. The smallest absolute Gasteiger partial charge is 0.278 e. The fourth-order valence-corrected chi connectivity index (χ4v) is 4.71. The monoisotopic (exact) mass is 517 g/mol. The van der Waals surface area contributed by atoms with Gasteiger partial charge < -0.3 is 14.8 Å². The van der Waals surface area contributed by atoms with Gasteiger partial charge in [-0.15, -0.1) is 0 Å². The normalized spacial score (nSPS) is 11.9. The summed E-state index contributed by atoms with van der Waals surface area (Å²) in [5.74, 6) is 1.19. The molecule has 0 spiro atoms. The highest BCUT2D eigenvalue weighted by atomic mass is 35.5. The largest absolute Gasteiger partial charge is 0.490 e. The summed E-state index contributed by atoms with van der Waals surface area (Å²) in [5, 5.41) is 3.45. The van der Waals surface area contributed by atoms with E-state index in [9.17, 15) is 9.59 Å². The minimum Gasteiger partial charge on any atom is -0.490 e. The average molecular weight is 518 g/mol. The molecule has 1 N–H and O–H groups in total. The average Bonchev–Trinajstić information content (AvgIpc) is 3.15. The van der Waals surface area contributed by atoms with Crippen LogP contribution in [0.15, 0.2) is 65.5 Å². The fourth-order valence-electron chi connectivity index (χ4n) is 4.54. The number of fused-ring (bicyclic) bond motifs is 2. The van der Waals surface area contributed by atoms with Crippen molar-refractivity contribution in [3.8, 4) is 23.1 Å². The van der Waals surface area contributed by atoms with E-state index in [-0.39, 0.29) is 18.0 Å². The van der Waals surface area contributed by atoms with Crippen LogP contribution in [0, 0.1) is 6.92 Å². The van der Waals surface area contributed by atoms with Crippen molar-refractivity contribution in [2.75, 3.05) is 11.9 Å². The molecule has 1 aliphatic rings. The molecular formula is C29H28ClN3O4. The molecule has 5 rings (SSSR count). The molecule has 2 heterocycles. The van der Waals surface area contributed by atoms with Gasteiger partial charge in [-0.25, -0.2) is 9.36 Å². The number of aromatic nitrogens is 2. The van der Waals surface area contributed by atoms with Crippen LogP contribution in [-0.4, -0.2) is 21.9 Å². The Morgan fingerprint density at radius 1 is 1.11 bits per heavy atom. The number of aryl methyl sites for hydroxylation is 2. The molecule has 0 fully saturated rings. The molecule has 3 aromatic carbocycles. The van der Waals surface area contributed by atoms with Gasteiger partial charge in [0.05, 0.1) is 17.9 Å². The Morgan fingerprint density at radius 3 is 2.62 bits per heavy atom. The van der Waals surface area contributed by atoms with Crippen LogP contribution in [0.3, 0.4) is 0 Å². The van der Waals surface area contributed by atoms with Crippen LogP contribution in [0.2, 0.25) is 5.02 Å². The molecule has 1 aliphatic heterocycles. The number of nitrogens with zero attached hydrogens (tertiary/aromatic N) is 2. The molecule has 1 aromatic heterocycles. The third kappa shape index (κ3) is 4.74. The summed E-state index contributed by atoms with van der Waals surface area (Å²) >= 11 is 6.14. The van der Waals surface area contributed by atoms with Gasteiger partial charge in [-0.05, 0) is 61.7 Å². The number of hydrogen-bond acceptors (Lipinski definition) is 4. The number of para-hydroxylation sites is 1. The van der Waals surface area contributed by atoms with E-state index >= 15 is 0 Å². The van der Waals surface area contributed by atoms with Crippen LogP contribution >= 0.6 is 11.6 Å². The molecule has 37 heavy (non-hydrogen) atoms. The van der Waals surface area contributed by atoms with Gasteiger partial charge in [0.1, 0.15) is 6.54 Å². The maximum atomic E-state index is 13.7. The standard InChI is InChI=1S/C29H28ClN3O4/c1-4-19-10-13-22(14-11-19)33-28(35)23-15-20-7-6-8-25(36-5-2)27(20)37-29(23)32(33)17-26(34)31-24-16-21(30)12-9-18(24)3/h6-14,16H,4-5,15,17H2,1-3H3,(H,31,34). The number of nitrogens with one attached hydrogen (secondary N) is 1. The lowest BCUT2D eigenvalue weighted by atomic mass is 10.0. The number of carbonyl (C=O) groups excluding carboxylic acids is 1. The molecular weight excluding hydrogens is 490 g/mol. The van der Waals surface area contributed by atoms with E-state index in [1.54, 1.807) is 16.8 Å². The van der Waals surface area contributed by atoms with E-state index < -0.39 is 0 Å². The Hall–Kier alpha value is -3.97. The lowest BCUT2D eigenvalue weighted by Crippen LogP contribution is -2.27. The van der Waals surface area contributed by atoms with Crippen molar-refractivity contribution in [1.29, 1.82) is 0 Å². The van der Waals surface area contributed by atoms with Crippen LogP contribution in [0.1, 0.15) is 36.1 Å². The minimum atomic E-state index is -0.311. The molecule has 0 atom stereocenters. The van der Waals surface area contributed by atoms with Crippen molar-refractivity contribution in [1.82, 2.24) is 9.36 Å². The zero-order valence-corrected chi connectivity index (χ0v) is 21.8. The molecule has 0 radical (unpaired) electrons. The number of benzene rings is 3. The van der Waals surface area contributed by atoms with Crippen molar-refractivity contribution >= 4 is 23.2 Å². The molecule has 1 amide bonds. The second kappa shape index (κ2) is 10.2. The van der Waals surface area contributed by atoms with E-state index in [1.165, 1.54) is 4.68 Å². The van der Waals surface area contributed by atoms with E-state index in [2.05, 4.69) is 12.2 Å². The van der Waals surface area contributed by atoms with Crippen molar-refractivity contribution in [2.24, 2.45) is 0 Å². The topological polar surface area (TPSA) is 74.5 Å². The number of rotatable bonds is 7. The number of carbonyl (C=O) groups is 1. The summed E-state index contributed by atoms with van der Waals surface area (Å²) in [4.78, 5) is 27.0. The Bertz CT molecular complexity index is 1540. The molecule has 0 bridgehead atoms. The first kappa shape index (κ1) is 24.7. The molecule has 0 aliphatic carbocycles. The first-order valence-electron chi connectivity index (χ1n) is 12.3. The predicted octanol–water partition coefficient (Wildman–Crippen LogP) is 5.90. The van der Waals surface area contributed by atoms with E-state index in [0.29, 0.717) is 52.4 Å². The maximum Gasteiger partial charge on any atom is 0.278 e. The van der Waals surface area contributed by atoms with Crippen LogP contribution in [0.25, 0.3) is 5.69 Å². The Kier molecular flexibility index (Phi) is 6.80. The van der Waals surface area contributed by atoms with Crippen molar-refractivity contribution < 1.29 is 14.3 Å². The first-order valence-corrected chi connectivity index (χ1v) is 12.7. The zero-order chi connectivity index (χ0) is 26.1. The third-order valence-corrected chi connectivity index (χ3v) is 6.70. The Balaban J connectivity index is 1.59. The summed E-state index contributed by atoms with van der Waals surface area (Å²) in [7, 11) is 0. The fraction of sp³-hybridized carbons (Fsp3) is 0.241. The number of hydrogen-bond donors (Lipinski definition) is 1. The number of amides is 1. The van der Waals surface area contributed by atoms with Gasteiger partial charge in [0.2, 0.25) is 11.8 Å². The number of halogens is 1. The predicted molar refractivity (Wildman–Crippen MR) is 145 cm³/mol. The molecule has 0 saturated carbocycles. The quantitative estimate of drug-likeness (QED) is 0.292. The SMILES string of the molecule is CCOc1cccc2c1Oc1c(c(=O)n(-c3ccc(CC)cc3)n1CC(=O)Nc1cc(Cl)ccc1C)C2. The van der Waals surface area contributed by atoms with Crippen molar-refractivity contribution in [3.05, 3.63) is 98.3 Å². The van der Waals surface area contributed by atoms with E-state index in [4.69, 9.17) is 21.1 Å². The second-order valence-electron chi connectivity index (χ2n) is 8.94. The van der Waals surface area contributed by atoms with Crippen LogP contribution < -0.4 is 20.3 Å². The molecule has 0 unspecified atom stereocenters. The molecule has 190 valence electrons. The highest BCUT2D eigenvalue weighted by Gasteiger charge is 2.31. The van der Waals surface area contributed by atoms with Gasteiger partial charge in [-0.1, -0.05) is 48.9 Å². The molecule has 4 aromatic rings. The highest BCUT2D eigenvalue weighted by molar-refractivity contribution is 6.31. The third-order valence-electron chi connectivity index (χ3n) is 6.47. The van der Waals surface area contributed by atoms with Gasteiger partial charge in [0.15, 0.2) is 11.5 Å². The Labute approximate surface area is 220 Å².